The van der Waals surface area contributed by atoms with Crippen LogP contribution in [-0.2, 0) is 4.74 Å². The maximum Gasteiger partial charge on any atom is 0.344 e. The van der Waals surface area contributed by atoms with Gasteiger partial charge in [0.15, 0.2) is 11.5 Å². The van der Waals surface area contributed by atoms with Gasteiger partial charge < -0.3 is 14.2 Å². The Balaban J connectivity index is 2.02. The number of cyclic esters (lactones) is 1. The molecule has 106 valence electrons. The molecule has 0 atom stereocenters. The van der Waals surface area contributed by atoms with Crippen molar-refractivity contribution in [2.24, 2.45) is 0 Å². The summed E-state index contributed by atoms with van der Waals surface area (Å²) in [6.07, 6.45) is 1.81. The summed E-state index contributed by atoms with van der Waals surface area (Å²) in [5, 5.41) is 0. The number of esters is 1. The quantitative estimate of drug-likeness (QED) is 0.810. The van der Waals surface area contributed by atoms with E-state index in [0.29, 0.717) is 22.8 Å². The van der Waals surface area contributed by atoms with E-state index < -0.39 is 0 Å². The molecule has 4 heteroatoms. The van der Waals surface area contributed by atoms with Gasteiger partial charge in [0.1, 0.15) is 5.76 Å². The summed E-state index contributed by atoms with van der Waals surface area (Å²) in [6.45, 7) is 0. The van der Waals surface area contributed by atoms with Crippen molar-refractivity contribution in [3.05, 3.63) is 59.2 Å². The lowest BCUT2D eigenvalue weighted by Gasteiger charge is -2.08. The Morgan fingerprint density at radius 1 is 0.952 bits per heavy atom. The van der Waals surface area contributed by atoms with Crippen molar-refractivity contribution in [3.8, 4) is 11.5 Å². The minimum Gasteiger partial charge on any atom is -0.493 e. The van der Waals surface area contributed by atoms with Crippen LogP contribution in [-0.4, -0.2) is 20.2 Å². The Bertz CT molecular complexity index is 731. The number of methoxy groups -OCH3 is 2. The molecule has 1 aliphatic heterocycles. The lowest BCUT2D eigenvalue weighted by atomic mass is 10.1. The highest BCUT2D eigenvalue weighted by Crippen LogP contribution is 2.33. The fourth-order valence-electron chi connectivity index (χ4n) is 2.29. The molecular weight excluding hydrogens is 268 g/mol. The molecule has 0 N–H and O–H groups in total. The second-order valence-electron chi connectivity index (χ2n) is 4.56. The van der Waals surface area contributed by atoms with Gasteiger partial charge in [0.25, 0.3) is 0 Å². The van der Waals surface area contributed by atoms with E-state index in [1.54, 1.807) is 20.3 Å². The third-order valence-corrected chi connectivity index (χ3v) is 3.32. The van der Waals surface area contributed by atoms with Gasteiger partial charge in [-0.2, -0.15) is 0 Å². The maximum atomic E-state index is 11.8. The second kappa shape index (κ2) is 5.32. The van der Waals surface area contributed by atoms with Gasteiger partial charge in [-0.3, -0.25) is 0 Å². The van der Waals surface area contributed by atoms with Crippen LogP contribution >= 0.6 is 0 Å². The van der Waals surface area contributed by atoms with Crippen LogP contribution in [0.4, 0.5) is 0 Å². The first kappa shape index (κ1) is 13.2. The molecule has 0 aromatic heterocycles. The van der Waals surface area contributed by atoms with Crippen molar-refractivity contribution in [1.82, 2.24) is 0 Å². The number of fused-ring (bicyclic) bond motifs is 1. The minimum absolute atomic E-state index is 0.322. The maximum absolute atomic E-state index is 11.8. The van der Waals surface area contributed by atoms with Crippen molar-refractivity contribution in [1.29, 1.82) is 0 Å². The number of ether oxygens (including phenoxy) is 3. The number of hydrogen-bond donors (Lipinski definition) is 0. The smallest absolute Gasteiger partial charge is 0.344 e. The molecule has 0 bridgehead atoms. The fraction of sp³-hybridized carbons (Fsp3) is 0.118. The van der Waals surface area contributed by atoms with E-state index in [0.717, 1.165) is 11.1 Å². The Morgan fingerprint density at radius 2 is 1.67 bits per heavy atom. The van der Waals surface area contributed by atoms with Gasteiger partial charge in [0.05, 0.1) is 19.8 Å². The minimum atomic E-state index is -0.322. The van der Waals surface area contributed by atoms with Crippen LogP contribution in [0.2, 0.25) is 0 Å². The number of carbonyl (C=O) groups is 1. The highest BCUT2D eigenvalue weighted by Gasteiger charge is 2.25. The normalized spacial score (nSPS) is 14.8. The van der Waals surface area contributed by atoms with Crippen LogP contribution in [0.15, 0.2) is 42.5 Å². The fourth-order valence-corrected chi connectivity index (χ4v) is 2.29. The number of hydrogen-bond acceptors (Lipinski definition) is 4. The largest absolute Gasteiger partial charge is 0.493 e. The molecule has 1 aliphatic rings. The Morgan fingerprint density at radius 3 is 2.38 bits per heavy atom. The van der Waals surface area contributed by atoms with Gasteiger partial charge in [0.2, 0.25) is 0 Å². The topological polar surface area (TPSA) is 44.8 Å². The van der Waals surface area contributed by atoms with Gasteiger partial charge in [-0.1, -0.05) is 24.3 Å². The lowest BCUT2D eigenvalue weighted by Crippen LogP contribution is -1.92. The van der Waals surface area contributed by atoms with Crippen molar-refractivity contribution in [2.75, 3.05) is 14.2 Å². The van der Waals surface area contributed by atoms with Crippen molar-refractivity contribution >= 4 is 17.8 Å². The van der Waals surface area contributed by atoms with Gasteiger partial charge >= 0.3 is 5.97 Å². The summed E-state index contributed by atoms with van der Waals surface area (Å²) in [7, 11) is 3.17. The monoisotopic (exact) mass is 282 g/mol. The molecular formula is C17H14O4. The second-order valence-corrected chi connectivity index (χ2v) is 4.56. The summed E-state index contributed by atoms with van der Waals surface area (Å²) in [5.41, 5.74) is 2.26. The summed E-state index contributed by atoms with van der Waals surface area (Å²) >= 11 is 0. The first-order valence-electron chi connectivity index (χ1n) is 6.48. The van der Waals surface area contributed by atoms with Crippen LogP contribution < -0.4 is 9.47 Å². The SMILES string of the molecule is COc1ccc(C=C2OC(=O)c3ccccc32)cc1OC. The van der Waals surface area contributed by atoms with E-state index >= 15 is 0 Å². The molecule has 2 aromatic rings. The molecule has 2 aromatic carbocycles. The van der Waals surface area contributed by atoms with E-state index in [1.165, 1.54) is 0 Å². The predicted octanol–water partition coefficient (Wildman–Crippen LogP) is 3.37. The number of benzene rings is 2. The van der Waals surface area contributed by atoms with E-state index in [4.69, 9.17) is 14.2 Å². The highest BCUT2D eigenvalue weighted by atomic mass is 16.5. The molecule has 0 aliphatic carbocycles. The first-order chi connectivity index (χ1) is 10.2. The van der Waals surface area contributed by atoms with E-state index in [9.17, 15) is 4.79 Å². The number of carbonyl (C=O) groups excluding carboxylic acids is 1. The molecule has 0 saturated heterocycles. The molecule has 0 amide bonds. The summed E-state index contributed by atoms with van der Waals surface area (Å²) < 4.78 is 15.8. The van der Waals surface area contributed by atoms with Crippen LogP contribution in [0.1, 0.15) is 21.5 Å². The van der Waals surface area contributed by atoms with Crippen molar-refractivity contribution in [2.45, 2.75) is 0 Å². The van der Waals surface area contributed by atoms with Crippen LogP contribution in [0.3, 0.4) is 0 Å². The Kier molecular flexibility index (Phi) is 3.36. The van der Waals surface area contributed by atoms with E-state index in [-0.39, 0.29) is 5.97 Å². The van der Waals surface area contributed by atoms with Gasteiger partial charge in [-0.15, -0.1) is 0 Å². The molecule has 0 saturated carbocycles. The van der Waals surface area contributed by atoms with Crippen molar-refractivity contribution < 1.29 is 19.0 Å². The van der Waals surface area contributed by atoms with Gasteiger partial charge in [0, 0.05) is 5.56 Å². The predicted molar refractivity (Wildman–Crippen MR) is 79.3 cm³/mol. The molecule has 0 unspecified atom stereocenters. The zero-order valence-corrected chi connectivity index (χ0v) is 11.8. The standard InChI is InChI=1S/C17H14O4/c1-19-14-8-7-11(10-16(14)20-2)9-15-12-5-3-4-6-13(12)17(18)21-15/h3-10H,1-2H3. The highest BCUT2D eigenvalue weighted by molar-refractivity contribution is 6.05. The van der Waals surface area contributed by atoms with Gasteiger partial charge in [-0.25, -0.2) is 4.79 Å². The molecule has 0 spiro atoms. The molecule has 1 heterocycles. The van der Waals surface area contributed by atoms with Crippen LogP contribution in [0, 0.1) is 0 Å². The zero-order valence-electron chi connectivity index (χ0n) is 11.8. The average molecular weight is 282 g/mol. The van der Waals surface area contributed by atoms with Crippen LogP contribution in [0.5, 0.6) is 11.5 Å². The average Bonchev–Trinajstić information content (AvgIpc) is 2.84. The molecule has 0 fully saturated rings. The third-order valence-electron chi connectivity index (χ3n) is 3.32. The van der Waals surface area contributed by atoms with Crippen molar-refractivity contribution in [3.63, 3.8) is 0 Å². The molecule has 21 heavy (non-hydrogen) atoms. The summed E-state index contributed by atoms with van der Waals surface area (Å²) in [6, 6.07) is 12.8. The first-order valence-corrected chi connectivity index (χ1v) is 6.48. The zero-order chi connectivity index (χ0) is 14.8. The van der Waals surface area contributed by atoms with E-state index in [1.807, 2.05) is 42.5 Å². The number of rotatable bonds is 3. The molecule has 0 radical (unpaired) electrons. The molecule has 3 rings (SSSR count). The molecule has 4 nitrogen and oxygen atoms in total. The summed E-state index contributed by atoms with van der Waals surface area (Å²) in [4.78, 5) is 11.8. The van der Waals surface area contributed by atoms with E-state index in [2.05, 4.69) is 0 Å². The third kappa shape index (κ3) is 2.36. The summed E-state index contributed by atoms with van der Waals surface area (Å²) in [5.74, 6) is 1.51. The Labute approximate surface area is 122 Å². The van der Waals surface area contributed by atoms with Gasteiger partial charge in [-0.05, 0) is 29.8 Å². The Hall–Kier alpha value is -2.75. The van der Waals surface area contributed by atoms with Crippen LogP contribution in [0.25, 0.3) is 11.8 Å². The lowest BCUT2D eigenvalue weighted by molar-refractivity contribution is 0.0717.